The smallest absolute Gasteiger partial charge is 0.256 e. The van der Waals surface area contributed by atoms with Crippen LogP contribution in [0.4, 0.5) is 5.82 Å². The van der Waals surface area contributed by atoms with Crippen molar-refractivity contribution in [3.8, 4) is 11.5 Å². The van der Waals surface area contributed by atoms with Gasteiger partial charge in [-0.3, -0.25) is 9.48 Å². The summed E-state index contributed by atoms with van der Waals surface area (Å²) in [6.45, 7) is 0.298. The minimum absolute atomic E-state index is 0.148. The lowest BCUT2D eigenvalue weighted by molar-refractivity contribution is -0.0492. The first-order chi connectivity index (χ1) is 17.0. The molecule has 0 unspecified atom stereocenters. The van der Waals surface area contributed by atoms with Crippen LogP contribution >= 0.6 is 15.9 Å². The standard InChI is InChI=1S/C28H30BrN3O3/c1-34-25-7-2-21(13-22(25)17-35-24-5-3-23(29)4-6-24)27(33)30-26-8-9-32(31-26)28-14-18-10-19(15-28)12-20(11-18)16-28/h2-9,13,18-20H,10-12,14-17H2,1H3,(H,30,31,33). The third-order valence-corrected chi connectivity index (χ3v) is 8.60. The molecule has 3 aromatic rings. The highest BCUT2D eigenvalue weighted by molar-refractivity contribution is 9.10. The van der Waals surface area contributed by atoms with E-state index < -0.39 is 0 Å². The zero-order valence-corrected chi connectivity index (χ0v) is 21.5. The minimum Gasteiger partial charge on any atom is -0.496 e. The van der Waals surface area contributed by atoms with Gasteiger partial charge < -0.3 is 14.8 Å². The van der Waals surface area contributed by atoms with Crippen molar-refractivity contribution >= 4 is 27.7 Å². The van der Waals surface area contributed by atoms with Gasteiger partial charge in [-0.2, -0.15) is 5.10 Å². The molecule has 4 aliphatic carbocycles. The number of benzene rings is 2. The molecule has 35 heavy (non-hydrogen) atoms. The average molecular weight is 536 g/mol. The number of aromatic nitrogens is 2. The van der Waals surface area contributed by atoms with Gasteiger partial charge in [-0.15, -0.1) is 0 Å². The Bertz CT molecular complexity index is 1200. The van der Waals surface area contributed by atoms with Crippen LogP contribution in [0.15, 0.2) is 59.2 Å². The van der Waals surface area contributed by atoms with Crippen LogP contribution in [0.3, 0.4) is 0 Å². The molecule has 7 heteroatoms. The fourth-order valence-corrected chi connectivity index (χ4v) is 7.18. The number of anilines is 1. The lowest BCUT2D eigenvalue weighted by Crippen LogP contribution is -2.52. The Balaban J connectivity index is 1.16. The quantitative estimate of drug-likeness (QED) is 0.379. The second-order valence-corrected chi connectivity index (χ2v) is 11.4. The fraction of sp³-hybridized carbons (Fsp3) is 0.429. The van der Waals surface area contributed by atoms with E-state index in [0.29, 0.717) is 23.7 Å². The van der Waals surface area contributed by atoms with E-state index in [1.54, 1.807) is 13.2 Å². The third-order valence-electron chi connectivity index (χ3n) is 8.07. The van der Waals surface area contributed by atoms with Crippen molar-refractivity contribution in [3.05, 3.63) is 70.3 Å². The van der Waals surface area contributed by atoms with Crippen molar-refractivity contribution in [2.75, 3.05) is 12.4 Å². The zero-order valence-electron chi connectivity index (χ0n) is 19.9. The second kappa shape index (κ2) is 9.01. The molecule has 2 aromatic carbocycles. The Kier molecular flexibility index (Phi) is 5.83. The van der Waals surface area contributed by atoms with Gasteiger partial charge in [0.05, 0.1) is 12.6 Å². The molecule has 0 spiro atoms. The van der Waals surface area contributed by atoms with E-state index >= 15 is 0 Å². The molecule has 4 fully saturated rings. The van der Waals surface area contributed by atoms with Crippen molar-refractivity contribution in [2.45, 2.75) is 50.7 Å². The average Bonchev–Trinajstić information content (AvgIpc) is 3.32. The molecule has 182 valence electrons. The maximum absolute atomic E-state index is 13.1. The molecule has 6 nitrogen and oxygen atoms in total. The molecule has 0 aliphatic heterocycles. The summed E-state index contributed by atoms with van der Waals surface area (Å²) in [5.74, 6) is 4.40. The predicted molar refractivity (Wildman–Crippen MR) is 138 cm³/mol. The first-order valence-electron chi connectivity index (χ1n) is 12.4. The summed E-state index contributed by atoms with van der Waals surface area (Å²) in [7, 11) is 1.62. The Morgan fingerprint density at radius 1 is 1.06 bits per heavy atom. The minimum atomic E-state index is -0.187. The number of halogens is 1. The normalized spacial score (nSPS) is 26.5. The number of methoxy groups -OCH3 is 1. The lowest BCUT2D eigenvalue weighted by Gasteiger charge is -2.56. The maximum Gasteiger partial charge on any atom is 0.256 e. The number of ether oxygens (including phenoxy) is 2. The van der Waals surface area contributed by atoms with Gasteiger partial charge >= 0.3 is 0 Å². The predicted octanol–water partition coefficient (Wildman–Crippen LogP) is 6.41. The van der Waals surface area contributed by atoms with Gasteiger partial charge in [0.2, 0.25) is 0 Å². The fourth-order valence-electron chi connectivity index (χ4n) is 6.91. The van der Waals surface area contributed by atoms with Gasteiger partial charge in [0.1, 0.15) is 18.1 Å². The summed E-state index contributed by atoms with van der Waals surface area (Å²) >= 11 is 3.43. The number of nitrogens with zero attached hydrogens (tertiary/aromatic N) is 2. The molecular formula is C28H30BrN3O3. The van der Waals surface area contributed by atoms with E-state index in [0.717, 1.165) is 33.5 Å². The van der Waals surface area contributed by atoms with Gasteiger partial charge in [0.15, 0.2) is 5.82 Å². The number of nitrogens with one attached hydrogen (secondary N) is 1. The molecule has 4 aliphatic rings. The Labute approximate surface area is 214 Å². The van der Waals surface area contributed by atoms with Crippen LogP contribution in [-0.4, -0.2) is 22.8 Å². The first kappa shape index (κ1) is 22.7. The number of amides is 1. The number of hydrogen-bond acceptors (Lipinski definition) is 4. The maximum atomic E-state index is 13.1. The van der Waals surface area contributed by atoms with Crippen LogP contribution in [0, 0.1) is 17.8 Å². The monoisotopic (exact) mass is 535 g/mol. The molecule has 4 saturated carbocycles. The first-order valence-corrected chi connectivity index (χ1v) is 13.2. The van der Waals surface area contributed by atoms with Crippen molar-refractivity contribution in [2.24, 2.45) is 17.8 Å². The molecule has 1 N–H and O–H groups in total. The summed E-state index contributed by atoms with van der Waals surface area (Å²) in [6, 6.07) is 15.0. The summed E-state index contributed by atoms with van der Waals surface area (Å²) in [5, 5.41) is 7.83. The van der Waals surface area contributed by atoms with E-state index in [1.165, 1.54) is 38.5 Å². The Morgan fingerprint density at radius 2 is 1.74 bits per heavy atom. The number of rotatable bonds is 7. The number of carbonyl (C=O) groups excluding carboxylic acids is 1. The van der Waals surface area contributed by atoms with Crippen molar-refractivity contribution < 1.29 is 14.3 Å². The van der Waals surface area contributed by atoms with Crippen LogP contribution in [-0.2, 0) is 12.1 Å². The van der Waals surface area contributed by atoms with Gasteiger partial charge in [0.25, 0.3) is 5.91 Å². The Morgan fingerprint density at radius 3 is 2.40 bits per heavy atom. The van der Waals surface area contributed by atoms with Gasteiger partial charge in [0, 0.05) is 27.9 Å². The van der Waals surface area contributed by atoms with Gasteiger partial charge in [-0.25, -0.2) is 0 Å². The van der Waals surface area contributed by atoms with Gasteiger partial charge in [-0.05, 0) is 98.7 Å². The van der Waals surface area contributed by atoms with Crippen LogP contribution in [0.25, 0.3) is 0 Å². The lowest BCUT2D eigenvalue weighted by atomic mass is 9.53. The molecule has 4 bridgehead atoms. The molecule has 1 amide bonds. The van der Waals surface area contributed by atoms with Gasteiger partial charge in [-0.1, -0.05) is 15.9 Å². The number of hydrogen-bond donors (Lipinski definition) is 1. The molecule has 0 radical (unpaired) electrons. The topological polar surface area (TPSA) is 65.4 Å². The molecule has 1 aromatic heterocycles. The van der Waals surface area contributed by atoms with E-state index in [2.05, 4.69) is 32.1 Å². The van der Waals surface area contributed by atoms with E-state index in [9.17, 15) is 4.79 Å². The van der Waals surface area contributed by atoms with Crippen molar-refractivity contribution in [3.63, 3.8) is 0 Å². The molecule has 0 saturated heterocycles. The third kappa shape index (κ3) is 4.46. The van der Waals surface area contributed by atoms with Crippen LogP contribution < -0.4 is 14.8 Å². The SMILES string of the molecule is COc1ccc(C(=O)Nc2ccn(C34CC5CC(CC(C5)C3)C4)n2)cc1COc1ccc(Br)cc1. The van der Waals surface area contributed by atoms with Crippen LogP contribution in [0.5, 0.6) is 11.5 Å². The molecule has 1 heterocycles. The van der Waals surface area contributed by atoms with Crippen LogP contribution in [0.2, 0.25) is 0 Å². The highest BCUT2D eigenvalue weighted by atomic mass is 79.9. The van der Waals surface area contributed by atoms with E-state index in [1.807, 2.05) is 42.5 Å². The Hall–Kier alpha value is -2.80. The molecule has 7 rings (SSSR count). The van der Waals surface area contributed by atoms with Crippen molar-refractivity contribution in [1.29, 1.82) is 0 Å². The molecular weight excluding hydrogens is 506 g/mol. The summed E-state index contributed by atoms with van der Waals surface area (Å²) in [4.78, 5) is 13.1. The summed E-state index contributed by atoms with van der Waals surface area (Å²) in [5.41, 5.74) is 1.50. The summed E-state index contributed by atoms with van der Waals surface area (Å²) < 4.78 is 14.6. The largest absolute Gasteiger partial charge is 0.496 e. The van der Waals surface area contributed by atoms with Crippen molar-refractivity contribution in [1.82, 2.24) is 9.78 Å². The number of carbonyl (C=O) groups is 1. The molecule has 0 atom stereocenters. The highest BCUT2D eigenvalue weighted by Gasteiger charge is 2.52. The van der Waals surface area contributed by atoms with Crippen LogP contribution in [0.1, 0.15) is 54.4 Å². The summed E-state index contributed by atoms with van der Waals surface area (Å²) in [6.07, 6.45) is 9.95. The van der Waals surface area contributed by atoms with E-state index in [-0.39, 0.29) is 11.4 Å². The van der Waals surface area contributed by atoms with E-state index in [4.69, 9.17) is 14.6 Å². The zero-order chi connectivity index (χ0) is 24.0. The highest BCUT2D eigenvalue weighted by Crippen LogP contribution is 2.58. The second-order valence-electron chi connectivity index (χ2n) is 10.5.